The minimum Gasteiger partial charge on any atom is -0.355 e. The van der Waals surface area contributed by atoms with Crippen molar-refractivity contribution >= 4 is 34.5 Å². The van der Waals surface area contributed by atoms with Gasteiger partial charge >= 0.3 is 0 Å². The molecule has 3 heterocycles. The summed E-state index contributed by atoms with van der Waals surface area (Å²) in [6.45, 7) is 3.05. The number of fused-ring (bicyclic) bond motifs is 1. The second-order valence-corrected chi connectivity index (χ2v) is 6.61. The molecule has 0 radical (unpaired) electrons. The van der Waals surface area contributed by atoms with Crippen molar-refractivity contribution in [3.8, 4) is 0 Å². The minimum absolute atomic E-state index is 0.0537. The zero-order valence-electron chi connectivity index (χ0n) is 13.9. The van der Waals surface area contributed by atoms with E-state index in [0.29, 0.717) is 12.2 Å². The van der Waals surface area contributed by atoms with E-state index in [-0.39, 0.29) is 17.1 Å². The van der Waals surface area contributed by atoms with Crippen molar-refractivity contribution in [3.63, 3.8) is 0 Å². The van der Waals surface area contributed by atoms with Gasteiger partial charge in [-0.15, -0.1) is 0 Å². The van der Waals surface area contributed by atoms with Gasteiger partial charge in [-0.3, -0.25) is 4.79 Å². The molecular weight excluding hydrogens is 330 g/mol. The molecule has 130 valence electrons. The van der Waals surface area contributed by atoms with Crippen LogP contribution in [0.4, 0.5) is 5.82 Å². The van der Waals surface area contributed by atoms with Crippen molar-refractivity contribution in [3.05, 3.63) is 11.6 Å². The molecule has 1 saturated heterocycles. The number of imidazole rings is 1. The third kappa shape index (κ3) is 3.76. The zero-order valence-corrected chi connectivity index (χ0v) is 14.7. The second-order valence-electron chi connectivity index (χ2n) is 6.27. The first-order chi connectivity index (χ1) is 11.5. The van der Waals surface area contributed by atoms with Crippen molar-refractivity contribution in [2.24, 2.45) is 5.92 Å². The Morgan fingerprint density at radius 3 is 2.88 bits per heavy atom. The predicted octanol–water partition coefficient (Wildman–Crippen LogP) is 0.900. The van der Waals surface area contributed by atoms with E-state index in [0.717, 1.165) is 43.8 Å². The highest BCUT2D eigenvalue weighted by atomic mass is 35.5. The molecule has 8 nitrogen and oxygen atoms in total. The zero-order chi connectivity index (χ0) is 17.1. The normalized spacial score (nSPS) is 16.1. The second kappa shape index (κ2) is 7.31. The lowest BCUT2D eigenvalue weighted by atomic mass is 9.96. The molecular formula is C15H22ClN7O. The molecule has 0 atom stereocenters. The summed E-state index contributed by atoms with van der Waals surface area (Å²) in [5.41, 5.74) is 1.35. The Hall–Kier alpha value is -1.93. The predicted molar refractivity (Wildman–Crippen MR) is 93.2 cm³/mol. The van der Waals surface area contributed by atoms with Gasteiger partial charge in [0.15, 0.2) is 11.5 Å². The molecule has 2 aromatic rings. The van der Waals surface area contributed by atoms with Crippen molar-refractivity contribution in [2.75, 3.05) is 45.2 Å². The monoisotopic (exact) mass is 351 g/mol. The summed E-state index contributed by atoms with van der Waals surface area (Å²) in [6, 6.07) is 0. The summed E-state index contributed by atoms with van der Waals surface area (Å²) in [5.74, 6) is 0.954. The lowest BCUT2D eigenvalue weighted by molar-refractivity contribution is -0.125. The van der Waals surface area contributed by atoms with Gasteiger partial charge in [0, 0.05) is 32.1 Å². The van der Waals surface area contributed by atoms with E-state index in [2.05, 4.69) is 35.1 Å². The Labute approximate surface area is 145 Å². The van der Waals surface area contributed by atoms with Crippen LogP contribution in [0, 0.1) is 5.92 Å². The first kappa shape index (κ1) is 16.9. The summed E-state index contributed by atoms with van der Waals surface area (Å²) in [7, 11) is 3.99. The summed E-state index contributed by atoms with van der Waals surface area (Å²) in [6.07, 6.45) is 3.18. The molecule has 1 amide bonds. The van der Waals surface area contributed by atoms with Crippen LogP contribution < -0.4 is 10.2 Å². The number of piperidine rings is 1. The number of aromatic nitrogens is 4. The fourth-order valence-electron chi connectivity index (χ4n) is 2.92. The van der Waals surface area contributed by atoms with Crippen LogP contribution in [0.25, 0.3) is 11.2 Å². The van der Waals surface area contributed by atoms with Crippen LogP contribution in [0.1, 0.15) is 12.8 Å². The Morgan fingerprint density at radius 1 is 1.42 bits per heavy atom. The Balaban J connectivity index is 1.60. The average molecular weight is 352 g/mol. The molecule has 9 heteroatoms. The van der Waals surface area contributed by atoms with Crippen molar-refractivity contribution in [1.29, 1.82) is 0 Å². The molecule has 0 aromatic carbocycles. The van der Waals surface area contributed by atoms with Crippen LogP contribution in [0.5, 0.6) is 0 Å². The molecule has 0 bridgehead atoms. The lowest BCUT2D eigenvalue weighted by Crippen LogP contribution is -2.42. The molecule has 24 heavy (non-hydrogen) atoms. The number of carbonyl (C=O) groups is 1. The molecule has 1 aliphatic heterocycles. The van der Waals surface area contributed by atoms with Gasteiger partial charge < -0.3 is 20.1 Å². The van der Waals surface area contributed by atoms with E-state index >= 15 is 0 Å². The fourth-order valence-corrected chi connectivity index (χ4v) is 3.08. The van der Waals surface area contributed by atoms with Crippen LogP contribution in [-0.2, 0) is 4.79 Å². The largest absolute Gasteiger partial charge is 0.355 e. The van der Waals surface area contributed by atoms with Crippen molar-refractivity contribution in [2.45, 2.75) is 12.8 Å². The number of aromatic amines is 1. The van der Waals surface area contributed by atoms with Crippen LogP contribution >= 0.6 is 11.6 Å². The molecule has 1 aliphatic rings. The number of hydrogen-bond acceptors (Lipinski definition) is 6. The Bertz CT molecular complexity index is 709. The highest BCUT2D eigenvalue weighted by Crippen LogP contribution is 2.27. The summed E-state index contributed by atoms with van der Waals surface area (Å²) >= 11 is 5.99. The van der Waals surface area contributed by atoms with Gasteiger partial charge in [0.05, 0.1) is 6.33 Å². The van der Waals surface area contributed by atoms with Crippen LogP contribution in [0.2, 0.25) is 5.28 Å². The number of nitrogens with zero attached hydrogens (tertiary/aromatic N) is 5. The third-order valence-electron chi connectivity index (χ3n) is 4.26. The number of hydrogen-bond donors (Lipinski definition) is 2. The van der Waals surface area contributed by atoms with Gasteiger partial charge in [-0.1, -0.05) is 0 Å². The topological polar surface area (TPSA) is 90.0 Å². The molecule has 2 aromatic heterocycles. The maximum Gasteiger partial charge on any atom is 0.226 e. The standard InChI is InChI=1S/C15H22ClN7O/c1-22(2)8-5-17-14(24)10-3-6-23(7-4-10)13-11-12(19-9-18-11)20-15(16)21-13/h9-10H,3-8H2,1-2H3,(H,17,24)(H,18,19,20,21). The average Bonchev–Trinajstić information content (AvgIpc) is 3.02. The van der Waals surface area contributed by atoms with E-state index in [1.54, 1.807) is 6.33 Å². The fraction of sp³-hybridized carbons (Fsp3) is 0.600. The number of nitrogens with one attached hydrogen (secondary N) is 2. The van der Waals surface area contributed by atoms with Gasteiger partial charge in [-0.25, -0.2) is 4.98 Å². The highest BCUT2D eigenvalue weighted by Gasteiger charge is 2.27. The van der Waals surface area contributed by atoms with E-state index in [1.165, 1.54) is 0 Å². The van der Waals surface area contributed by atoms with Crippen LogP contribution in [-0.4, -0.2) is 71.0 Å². The maximum atomic E-state index is 12.2. The number of halogens is 1. The van der Waals surface area contributed by atoms with Gasteiger partial charge in [0.2, 0.25) is 11.2 Å². The number of anilines is 1. The van der Waals surface area contributed by atoms with Crippen LogP contribution in [0.3, 0.4) is 0 Å². The van der Waals surface area contributed by atoms with Crippen molar-refractivity contribution in [1.82, 2.24) is 30.2 Å². The molecule has 0 aliphatic carbocycles. The number of likely N-dealkylation sites (N-methyl/N-ethyl adjacent to an activating group) is 1. The molecule has 0 spiro atoms. The van der Waals surface area contributed by atoms with E-state index in [9.17, 15) is 4.79 Å². The first-order valence-corrected chi connectivity index (χ1v) is 8.46. The number of amides is 1. The molecule has 0 saturated carbocycles. The smallest absolute Gasteiger partial charge is 0.226 e. The van der Waals surface area contributed by atoms with E-state index in [1.807, 2.05) is 14.1 Å². The summed E-state index contributed by atoms with van der Waals surface area (Å²) in [5, 5.41) is 3.20. The lowest BCUT2D eigenvalue weighted by Gasteiger charge is -2.32. The van der Waals surface area contributed by atoms with E-state index < -0.39 is 0 Å². The van der Waals surface area contributed by atoms with Gasteiger partial charge in [0.1, 0.15) is 5.52 Å². The first-order valence-electron chi connectivity index (χ1n) is 8.08. The number of H-pyrrole nitrogens is 1. The molecule has 0 unspecified atom stereocenters. The number of rotatable bonds is 5. The van der Waals surface area contributed by atoms with Gasteiger partial charge in [-0.05, 0) is 38.5 Å². The summed E-state index contributed by atoms with van der Waals surface area (Å²) < 4.78 is 0. The Kier molecular flexibility index (Phi) is 5.15. The van der Waals surface area contributed by atoms with Crippen LogP contribution in [0.15, 0.2) is 6.33 Å². The third-order valence-corrected chi connectivity index (χ3v) is 4.43. The SMILES string of the molecule is CN(C)CCNC(=O)C1CCN(c2nc(Cl)nc3nc[nH]c23)CC1. The molecule has 2 N–H and O–H groups in total. The van der Waals surface area contributed by atoms with Gasteiger partial charge in [-0.2, -0.15) is 9.97 Å². The molecule has 1 fully saturated rings. The summed E-state index contributed by atoms with van der Waals surface area (Å²) in [4.78, 5) is 32.1. The minimum atomic E-state index is 0.0537. The van der Waals surface area contributed by atoms with E-state index in [4.69, 9.17) is 11.6 Å². The maximum absolute atomic E-state index is 12.2. The van der Waals surface area contributed by atoms with Gasteiger partial charge in [0.25, 0.3) is 0 Å². The highest BCUT2D eigenvalue weighted by molar-refractivity contribution is 6.28. The Morgan fingerprint density at radius 2 is 2.17 bits per heavy atom. The van der Waals surface area contributed by atoms with Crippen molar-refractivity contribution < 1.29 is 4.79 Å². The number of carbonyl (C=O) groups excluding carboxylic acids is 1. The quantitative estimate of drug-likeness (QED) is 0.778. The molecule has 3 rings (SSSR count).